The molecule has 0 fully saturated rings. The van der Waals surface area contributed by atoms with E-state index in [0.29, 0.717) is 12.2 Å². The minimum Gasteiger partial charge on any atom is -0.494 e. The molecule has 1 unspecified atom stereocenters. The van der Waals surface area contributed by atoms with Gasteiger partial charge in [-0.25, -0.2) is 0 Å². The molecule has 0 saturated carbocycles. The molecule has 1 aromatic heterocycles. The van der Waals surface area contributed by atoms with E-state index >= 15 is 0 Å². The molecule has 0 spiro atoms. The first-order valence-electron chi connectivity index (χ1n) is 10.4. The average Bonchev–Trinajstić information content (AvgIpc) is 2.73. The average molecular weight is 431 g/mol. The molecule has 0 aliphatic heterocycles. The minimum atomic E-state index is -0.924. The Morgan fingerprint density at radius 2 is 1.75 bits per heavy atom. The number of aryl methyl sites for hydroxylation is 3. The van der Waals surface area contributed by atoms with Crippen LogP contribution in [-0.4, -0.2) is 21.6 Å². The molecule has 1 N–H and O–H groups in total. The van der Waals surface area contributed by atoms with Crippen molar-refractivity contribution in [2.24, 2.45) is 0 Å². The number of nitriles is 1. The van der Waals surface area contributed by atoms with Gasteiger partial charge in [-0.1, -0.05) is 36.4 Å². The summed E-state index contributed by atoms with van der Waals surface area (Å²) in [7, 11) is 0. The molecule has 1 atom stereocenters. The smallest absolute Gasteiger partial charge is 0.271 e. The van der Waals surface area contributed by atoms with Crippen molar-refractivity contribution in [3.63, 3.8) is 0 Å². The quantitative estimate of drug-likeness (QED) is 0.566. The van der Waals surface area contributed by atoms with Gasteiger partial charge in [0, 0.05) is 6.54 Å². The first-order chi connectivity index (χ1) is 15.2. The van der Waals surface area contributed by atoms with Crippen LogP contribution in [0.5, 0.6) is 11.6 Å². The van der Waals surface area contributed by atoms with Gasteiger partial charge < -0.3 is 9.84 Å². The highest BCUT2D eigenvalue weighted by molar-refractivity contribution is 6.03. The van der Waals surface area contributed by atoms with Crippen LogP contribution < -0.4 is 10.3 Å². The molecular weight excluding hydrogens is 404 g/mol. The lowest BCUT2D eigenvalue weighted by atomic mass is 9.99. The van der Waals surface area contributed by atoms with E-state index in [1.54, 1.807) is 6.92 Å². The molecule has 0 aliphatic carbocycles. The molecule has 164 valence electrons. The van der Waals surface area contributed by atoms with Gasteiger partial charge in [-0.2, -0.15) is 5.26 Å². The molecular formula is C26H26N2O4. The lowest BCUT2D eigenvalue weighted by Crippen LogP contribution is -2.31. The summed E-state index contributed by atoms with van der Waals surface area (Å²) in [6.45, 7) is 7.09. The molecule has 3 aromatic rings. The summed E-state index contributed by atoms with van der Waals surface area (Å²) in [5.74, 6) is -0.397. The van der Waals surface area contributed by atoms with Crippen LogP contribution in [-0.2, 0) is 13.0 Å². The number of aromatic nitrogens is 1. The van der Waals surface area contributed by atoms with E-state index in [1.165, 1.54) is 6.92 Å². The Labute approximate surface area is 187 Å². The SMILES string of the molecule is Cc1cc(C)cc(OC(C)C(=O)c2c(C)c(C#N)c(=O)n(CCc3ccccc3)c2O)c1. The topological polar surface area (TPSA) is 92.3 Å². The molecule has 0 amide bonds. The maximum Gasteiger partial charge on any atom is 0.271 e. The molecule has 32 heavy (non-hydrogen) atoms. The van der Waals surface area contributed by atoms with Crippen molar-refractivity contribution in [2.45, 2.75) is 46.8 Å². The molecule has 6 heteroatoms. The third-order valence-corrected chi connectivity index (χ3v) is 5.39. The summed E-state index contributed by atoms with van der Waals surface area (Å²) in [6.07, 6.45) is -0.461. The van der Waals surface area contributed by atoms with Crippen molar-refractivity contribution >= 4 is 5.78 Å². The van der Waals surface area contributed by atoms with E-state index in [9.17, 15) is 20.0 Å². The van der Waals surface area contributed by atoms with E-state index in [0.717, 1.165) is 21.3 Å². The van der Waals surface area contributed by atoms with E-state index in [-0.39, 0.29) is 23.2 Å². The third kappa shape index (κ3) is 4.73. The van der Waals surface area contributed by atoms with Crippen LogP contribution in [0.15, 0.2) is 53.3 Å². The Morgan fingerprint density at radius 3 is 2.34 bits per heavy atom. The number of carbonyl (C=O) groups excluding carboxylic acids is 1. The van der Waals surface area contributed by atoms with Gasteiger partial charge in [0.25, 0.3) is 5.56 Å². The van der Waals surface area contributed by atoms with Crippen molar-refractivity contribution < 1.29 is 14.6 Å². The molecule has 0 saturated heterocycles. The summed E-state index contributed by atoms with van der Waals surface area (Å²) in [6, 6.07) is 17.0. The highest BCUT2D eigenvalue weighted by atomic mass is 16.5. The number of pyridine rings is 1. The van der Waals surface area contributed by atoms with E-state index in [4.69, 9.17) is 4.74 Å². The second-order valence-electron chi connectivity index (χ2n) is 7.95. The minimum absolute atomic E-state index is 0.0638. The number of rotatable bonds is 7. The number of Topliss-reactive ketones (excluding diaryl/α,β-unsaturated/α-hetero) is 1. The normalized spacial score (nSPS) is 11.6. The van der Waals surface area contributed by atoms with Gasteiger partial charge in [0.2, 0.25) is 11.7 Å². The van der Waals surface area contributed by atoms with Gasteiger partial charge >= 0.3 is 0 Å². The van der Waals surface area contributed by atoms with Crippen molar-refractivity contribution in [3.05, 3.63) is 92.3 Å². The summed E-state index contributed by atoms with van der Waals surface area (Å²) in [5, 5.41) is 20.5. The third-order valence-electron chi connectivity index (χ3n) is 5.39. The van der Waals surface area contributed by atoms with Crippen LogP contribution in [0.4, 0.5) is 0 Å². The van der Waals surface area contributed by atoms with Crippen LogP contribution >= 0.6 is 0 Å². The van der Waals surface area contributed by atoms with Crippen LogP contribution in [0.2, 0.25) is 0 Å². The fourth-order valence-electron chi connectivity index (χ4n) is 3.80. The molecule has 6 nitrogen and oxygen atoms in total. The molecule has 0 bridgehead atoms. The number of benzene rings is 2. The Morgan fingerprint density at radius 1 is 1.12 bits per heavy atom. The van der Waals surface area contributed by atoms with Crippen molar-refractivity contribution in [2.75, 3.05) is 0 Å². The maximum absolute atomic E-state index is 13.3. The highest BCUT2D eigenvalue weighted by Gasteiger charge is 2.28. The van der Waals surface area contributed by atoms with Crippen molar-refractivity contribution in [1.29, 1.82) is 5.26 Å². The number of hydrogen-bond donors (Lipinski definition) is 1. The van der Waals surface area contributed by atoms with Gasteiger partial charge in [-0.15, -0.1) is 0 Å². The Balaban J connectivity index is 1.98. The lowest BCUT2D eigenvalue weighted by Gasteiger charge is -2.19. The fourth-order valence-corrected chi connectivity index (χ4v) is 3.80. The Bertz CT molecular complexity index is 1230. The number of ketones is 1. The summed E-state index contributed by atoms with van der Waals surface area (Å²) >= 11 is 0. The molecule has 0 radical (unpaired) electrons. The van der Waals surface area contributed by atoms with Crippen LogP contribution in [0.3, 0.4) is 0 Å². The largest absolute Gasteiger partial charge is 0.494 e. The summed E-state index contributed by atoms with van der Waals surface area (Å²) in [4.78, 5) is 26.1. The number of ether oxygens (including phenoxy) is 1. The van der Waals surface area contributed by atoms with Gasteiger partial charge in [0.05, 0.1) is 5.56 Å². The molecule has 0 aliphatic rings. The fraction of sp³-hybridized carbons (Fsp3) is 0.269. The van der Waals surface area contributed by atoms with Crippen molar-refractivity contribution in [3.8, 4) is 17.7 Å². The highest BCUT2D eigenvalue weighted by Crippen LogP contribution is 2.26. The molecule has 2 aromatic carbocycles. The van der Waals surface area contributed by atoms with Gasteiger partial charge in [0.1, 0.15) is 17.4 Å². The number of nitrogens with zero attached hydrogens (tertiary/aromatic N) is 2. The standard InChI is InChI=1S/C26H26N2O4/c1-16-12-17(2)14-21(13-16)32-19(4)24(29)23-18(3)22(15-27)25(30)28(26(23)31)11-10-20-8-6-5-7-9-20/h5-9,12-14,19,31H,10-11H2,1-4H3. The van der Waals surface area contributed by atoms with Gasteiger partial charge in [0.15, 0.2) is 6.10 Å². The Kier molecular flexibility index (Phi) is 6.79. The Hall–Kier alpha value is -3.85. The predicted octanol–water partition coefficient (Wildman–Crippen LogP) is 4.24. The van der Waals surface area contributed by atoms with Crippen LogP contribution in [0, 0.1) is 32.1 Å². The summed E-state index contributed by atoms with van der Waals surface area (Å²) in [5.41, 5.74) is 2.30. The summed E-state index contributed by atoms with van der Waals surface area (Å²) < 4.78 is 6.94. The van der Waals surface area contributed by atoms with E-state index in [1.807, 2.05) is 68.4 Å². The second-order valence-corrected chi connectivity index (χ2v) is 7.95. The van der Waals surface area contributed by atoms with Gasteiger partial charge in [-0.3, -0.25) is 14.2 Å². The number of aromatic hydroxyl groups is 1. The van der Waals surface area contributed by atoms with Crippen LogP contribution in [0.25, 0.3) is 0 Å². The van der Waals surface area contributed by atoms with Crippen molar-refractivity contribution in [1.82, 2.24) is 4.57 Å². The zero-order chi connectivity index (χ0) is 23.4. The van der Waals surface area contributed by atoms with E-state index in [2.05, 4.69) is 0 Å². The number of hydrogen-bond acceptors (Lipinski definition) is 5. The van der Waals surface area contributed by atoms with Crippen LogP contribution in [0.1, 0.15) is 45.1 Å². The first kappa shape index (κ1) is 22.8. The number of carbonyl (C=O) groups is 1. The zero-order valence-electron chi connectivity index (χ0n) is 18.7. The second kappa shape index (κ2) is 9.52. The van der Waals surface area contributed by atoms with E-state index < -0.39 is 23.3 Å². The molecule has 3 rings (SSSR count). The predicted molar refractivity (Wildman–Crippen MR) is 122 cm³/mol. The lowest BCUT2D eigenvalue weighted by molar-refractivity contribution is 0.0812. The molecule has 1 heterocycles. The zero-order valence-corrected chi connectivity index (χ0v) is 18.7. The monoisotopic (exact) mass is 430 g/mol. The first-order valence-corrected chi connectivity index (χ1v) is 10.4. The van der Waals surface area contributed by atoms with Gasteiger partial charge in [-0.05, 0) is 68.5 Å². The maximum atomic E-state index is 13.3.